The Balaban J connectivity index is 2.44. The fraction of sp³-hybridized carbons (Fsp3) is 0.533. The predicted octanol–water partition coefficient (Wildman–Crippen LogP) is 2.11. The van der Waals surface area contributed by atoms with Crippen LogP contribution >= 0.6 is 0 Å². The molecule has 0 heterocycles. The van der Waals surface area contributed by atoms with Gasteiger partial charge in [0.1, 0.15) is 0 Å². The van der Waals surface area contributed by atoms with Crippen molar-refractivity contribution in [2.24, 2.45) is 5.92 Å². The number of carbonyl (C=O) groups is 1. The van der Waals surface area contributed by atoms with E-state index in [0.29, 0.717) is 25.4 Å². The van der Waals surface area contributed by atoms with Gasteiger partial charge in [0.15, 0.2) is 0 Å². The number of hydrogen-bond acceptors (Lipinski definition) is 2. The second-order valence-corrected chi connectivity index (χ2v) is 5.10. The van der Waals surface area contributed by atoms with Crippen LogP contribution in [0.4, 0.5) is 4.79 Å². The zero-order valence-electron chi connectivity index (χ0n) is 11.7. The molecular weight excluding hydrogens is 240 g/mol. The van der Waals surface area contributed by atoms with E-state index < -0.39 is 0 Å². The minimum absolute atomic E-state index is 0.120. The van der Waals surface area contributed by atoms with E-state index in [0.717, 1.165) is 5.56 Å². The fourth-order valence-corrected chi connectivity index (χ4v) is 1.84. The zero-order valence-corrected chi connectivity index (χ0v) is 11.7. The number of hydrogen-bond donors (Lipinski definition) is 3. The molecule has 0 radical (unpaired) electrons. The maximum Gasteiger partial charge on any atom is 0.314 e. The molecule has 1 aromatic carbocycles. The summed E-state index contributed by atoms with van der Waals surface area (Å²) in [7, 11) is 0. The van der Waals surface area contributed by atoms with Gasteiger partial charge in [-0.1, -0.05) is 44.2 Å². The lowest BCUT2D eigenvalue weighted by atomic mass is 9.96. The Bertz CT molecular complexity index is 366. The standard InChI is InChI=1S/C15H24N2O2/c1-12(2)10-16-15(19)17-11-14(8-9-18)13-6-4-3-5-7-13/h3-7,12,14,18H,8-11H2,1-2H3,(H2,16,17,19). The lowest BCUT2D eigenvalue weighted by molar-refractivity contribution is 0.236. The first-order valence-electron chi connectivity index (χ1n) is 6.81. The first-order chi connectivity index (χ1) is 9.13. The second-order valence-electron chi connectivity index (χ2n) is 5.10. The Morgan fingerprint density at radius 2 is 1.79 bits per heavy atom. The summed E-state index contributed by atoms with van der Waals surface area (Å²) < 4.78 is 0. The molecule has 0 aliphatic rings. The van der Waals surface area contributed by atoms with Crippen molar-refractivity contribution in [2.45, 2.75) is 26.2 Å². The number of carbonyl (C=O) groups excluding carboxylic acids is 1. The number of rotatable bonds is 7. The highest BCUT2D eigenvalue weighted by molar-refractivity contribution is 5.73. The molecule has 0 spiro atoms. The molecule has 1 atom stereocenters. The Labute approximate surface area is 115 Å². The van der Waals surface area contributed by atoms with Crippen LogP contribution in [0, 0.1) is 5.92 Å². The van der Waals surface area contributed by atoms with E-state index in [2.05, 4.69) is 24.5 Å². The van der Waals surface area contributed by atoms with Crippen molar-refractivity contribution >= 4 is 6.03 Å². The number of benzene rings is 1. The van der Waals surface area contributed by atoms with Crippen LogP contribution in [0.25, 0.3) is 0 Å². The molecule has 1 rings (SSSR count). The van der Waals surface area contributed by atoms with E-state index in [1.165, 1.54) is 0 Å². The largest absolute Gasteiger partial charge is 0.396 e. The molecule has 19 heavy (non-hydrogen) atoms. The van der Waals surface area contributed by atoms with Gasteiger partial charge in [-0.25, -0.2) is 4.79 Å². The number of aliphatic hydroxyl groups is 1. The number of aliphatic hydroxyl groups excluding tert-OH is 1. The smallest absolute Gasteiger partial charge is 0.314 e. The third-order valence-corrected chi connectivity index (χ3v) is 2.93. The van der Waals surface area contributed by atoms with Crippen LogP contribution in [0.15, 0.2) is 30.3 Å². The van der Waals surface area contributed by atoms with E-state index in [1.54, 1.807) is 0 Å². The van der Waals surface area contributed by atoms with Crippen LogP contribution in [0.5, 0.6) is 0 Å². The number of urea groups is 1. The molecule has 0 bridgehead atoms. The Kier molecular flexibility index (Phi) is 6.97. The maximum absolute atomic E-state index is 11.6. The van der Waals surface area contributed by atoms with Gasteiger partial charge in [-0.2, -0.15) is 0 Å². The van der Waals surface area contributed by atoms with Crippen LogP contribution in [0.2, 0.25) is 0 Å². The molecule has 0 saturated heterocycles. The molecule has 3 N–H and O–H groups in total. The highest BCUT2D eigenvalue weighted by atomic mass is 16.3. The summed E-state index contributed by atoms with van der Waals surface area (Å²) in [5.41, 5.74) is 1.14. The van der Waals surface area contributed by atoms with Crippen molar-refractivity contribution in [1.82, 2.24) is 10.6 Å². The van der Waals surface area contributed by atoms with Crippen LogP contribution in [0.1, 0.15) is 31.7 Å². The molecule has 106 valence electrons. The van der Waals surface area contributed by atoms with Gasteiger partial charge in [0.05, 0.1) is 0 Å². The summed E-state index contributed by atoms with van der Waals surface area (Å²) in [6, 6.07) is 9.80. The highest BCUT2D eigenvalue weighted by Crippen LogP contribution is 2.17. The molecule has 0 aliphatic heterocycles. The lowest BCUT2D eigenvalue weighted by Crippen LogP contribution is -2.39. The first kappa shape index (κ1) is 15.5. The van der Waals surface area contributed by atoms with E-state index in [4.69, 9.17) is 5.11 Å². The summed E-state index contributed by atoms with van der Waals surface area (Å²) in [5, 5.41) is 14.8. The van der Waals surface area contributed by atoms with E-state index in [9.17, 15) is 4.79 Å². The van der Waals surface area contributed by atoms with Crippen molar-refractivity contribution in [1.29, 1.82) is 0 Å². The van der Waals surface area contributed by atoms with E-state index >= 15 is 0 Å². The van der Waals surface area contributed by atoms with Crippen LogP contribution in [-0.4, -0.2) is 30.8 Å². The van der Waals surface area contributed by atoms with Crippen LogP contribution in [0.3, 0.4) is 0 Å². The zero-order chi connectivity index (χ0) is 14.1. The van der Waals surface area contributed by atoms with Gasteiger partial charge in [0.25, 0.3) is 0 Å². The van der Waals surface area contributed by atoms with Crippen LogP contribution in [-0.2, 0) is 0 Å². The van der Waals surface area contributed by atoms with Gasteiger partial charge in [-0.05, 0) is 17.9 Å². The molecule has 0 fully saturated rings. The Hall–Kier alpha value is -1.55. The van der Waals surface area contributed by atoms with Crippen molar-refractivity contribution in [2.75, 3.05) is 19.7 Å². The summed E-state index contributed by atoms with van der Waals surface area (Å²) >= 11 is 0. The van der Waals surface area contributed by atoms with Gasteiger partial charge in [-0.3, -0.25) is 0 Å². The number of nitrogens with one attached hydrogen (secondary N) is 2. The van der Waals surface area contributed by atoms with Crippen molar-refractivity contribution < 1.29 is 9.90 Å². The summed E-state index contributed by atoms with van der Waals surface area (Å²) in [6.45, 7) is 5.43. The minimum atomic E-state index is -0.146. The summed E-state index contributed by atoms with van der Waals surface area (Å²) in [5.74, 6) is 0.587. The SMILES string of the molecule is CC(C)CNC(=O)NCC(CCO)c1ccccc1. The molecule has 0 aromatic heterocycles. The summed E-state index contributed by atoms with van der Waals surface area (Å²) in [6.07, 6.45) is 0.647. The normalized spacial score (nSPS) is 12.2. The first-order valence-corrected chi connectivity index (χ1v) is 6.81. The lowest BCUT2D eigenvalue weighted by Gasteiger charge is -2.17. The topological polar surface area (TPSA) is 61.4 Å². The molecule has 4 nitrogen and oxygen atoms in total. The molecular formula is C15H24N2O2. The average molecular weight is 264 g/mol. The third-order valence-electron chi connectivity index (χ3n) is 2.93. The van der Waals surface area contributed by atoms with Gasteiger partial charge in [0.2, 0.25) is 0 Å². The molecule has 4 heteroatoms. The fourth-order valence-electron chi connectivity index (χ4n) is 1.84. The second kappa shape index (κ2) is 8.53. The minimum Gasteiger partial charge on any atom is -0.396 e. The van der Waals surface area contributed by atoms with Gasteiger partial charge < -0.3 is 15.7 Å². The van der Waals surface area contributed by atoms with E-state index in [-0.39, 0.29) is 18.6 Å². The van der Waals surface area contributed by atoms with Crippen LogP contribution < -0.4 is 10.6 Å². The van der Waals surface area contributed by atoms with Crippen molar-refractivity contribution in [3.05, 3.63) is 35.9 Å². The quantitative estimate of drug-likeness (QED) is 0.706. The highest BCUT2D eigenvalue weighted by Gasteiger charge is 2.12. The monoisotopic (exact) mass is 264 g/mol. The average Bonchev–Trinajstić information content (AvgIpc) is 2.42. The maximum atomic E-state index is 11.6. The predicted molar refractivity (Wildman–Crippen MR) is 77.1 cm³/mol. The Morgan fingerprint density at radius 1 is 1.16 bits per heavy atom. The third kappa shape index (κ3) is 6.25. The van der Waals surface area contributed by atoms with Crippen molar-refractivity contribution in [3.8, 4) is 0 Å². The van der Waals surface area contributed by atoms with Gasteiger partial charge in [-0.15, -0.1) is 0 Å². The van der Waals surface area contributed by atoms with E-state index in [1.807, 2.05) is 30.3 Å². The Morgan fingerprint density at radius 3 is 2.37 bits per heavy atom. The molecule has 1 unspecified atom stereocenters. The number of amides is 2. The molecule has 2 amide bonds. The van der Waals surface area contributed by atoms with Gasteiger partial charge >= 0.3 is 6.03 Å². The van der Waals surface area contributed by atoms with Gasteiger partial charge in [0, 0.05) is 25.6 Å². The molecule has 0 saturated carbocycles. The summed E-state index contributed by atoms with van der Waals surface area (Å²) in [4.78, 5) is 11.6. The molecule has 0 aliphatic carbocycles. The molecule has 1 aromatic rings. The van der Waals surface area contributed by atoms with Crippen molar-refractivity contribution in [3.63, 3.8) is 0 Å².